The standard InChI is InChI=1S/C16H13Cl2FN2O3/c1-8(15(22)21-14-5-2-9(17)6-12(14)18)24-16(23)11-4-3-10(19)7-13(11)20/h2-8H,20H2,1H3,(H,21,22)/t8-/m0/s1. The van der Waals surface area contributed by atoms with Gasteiger partial charge in [0, 0.05) is 10.7 Å². The number of hydrogen-bond acceptors (Lipinski definition) is 4. The summed E-state index contributed by atoms with van der Waals surface area (Å²) in [6.45, 7) is 1.39. The smallest absolute Gasteiger partial charge is 0.341 e. The lowest BCUT2D eigenvalue weighted by molar-refractivity contribution is -0.123. The van der Waals surface area contributed by atoms with E-state index in [2.05, 4.69) is 5.32 Å². The van der Waals surface area contributed by atoms with Crippen molar-refractivity contribution < 1.29 is 18.7 Å². The zero-order valence-corrected chi connectivity index (χ0v) is 14.0. The SMILES string of the molecule is C[C@H](OC(=O)c1ccc(F)cc1N)C(=O)Nc1ccc(Cl)cc1Cl. The molecule has 0 spiro atoms. The number of esters is 1. The van der Waals surface area contributed by atoms with Gasteiger partial charge in [0.05, 0.1) is 16.3 Å². The van der Waals surface area contributed by atoms with E-state index in [9.17, 15) is 14.0 Å². The number of nitrogens with two attached hydrogens (primary N) is 1. The lowest BCUT2D eigenvalue weighted by atomic mass is 10.2. The van der Waals surface area contributed by atoms with Crippen LogP contribution in [0.15, 0.2) is 36.4 Å². The van der Waals surface area contributed by atoms with Crippen LogP contribution in [0.25, 0.3) is 0 Å². The van der Waals surface area contributed by atoms with Crippen molar-refractivity contribution in [2.75, 3.05) is 11.1 Å². The van der Waals surface area contributed by atoms with E-state index >= 15 is 0 Å². The summed E-state index contributed by atoms with van der Waals surface area (Å²) in [6.07, 6.45) is -1.12. The third-order valence-corrected chi connectivity index (χ3v) is 3.62. The fourth-order valence-electron chi connectivity index (χ4n) is 1.82. The quantitative estimate of drug-likeness (QED) is 0.631. The second kappa shape index (κ2) is 7.51. The van der Waals surface area contributed by atoms with Gasteiger partial charge in [-0.2, -0.15) is 0 Å². The Bertz CT molecular complexity index is 799. The summed E-state index contributed by atoms with van der Waals surface area (Å²) >= 11 is 11.7. The molecule has 126 valence electrons. The Morgan fingerprint density at radius 3 is 2.54 bits per heavy atom. The Hall–Kier alpha value is -2.31. The summed E-state index contributed by atoms with van der Waals surface area (Å²) in [4.78, 5) is 24.1. The Morgan fingerprint density at radius 1 is 1.21 bits per heavy atom. The second-order valence-corrected chi connectivity index (χ2v) is 5.74. The predicted molar refractivity (Wildman–Crippen MR) is 90.8 cm³/mol. The molecule has 0 aliphatic rings. The van der Waals surface area contributed by atoms with Crippen LogP contribution in [0.5, 0.6) is 0 Å². The molecule has 8 heteroatoms. The molecule has 2 aromatic rings. The molecule has 0 saturated carbocycles. The van der Waals surface area contributed by atoms with Gasteiger partial charge in [-0.05, 0) is 43.3 Å². The van der Waals surface area contributed by atoms with Gasteiger partial charge < -0.3 is 15.8 Å². The average molecular weight is 371 g/mol. The van der Waals surface area contributed by atoms with Crippen molar-refractivity contribution in [3.8, 4) is 0 Å². The molecule has 0 unspecified atom stereocenters. The molecule has 1 atom stereocenters. The van der Waals surface area contributed by atoms with Crippen LogP contribution >= 0.6 is 23.2 Å². The summed E-state index contributed by atoms with van der Waals surface area (Å²) in [6, 6.07) is 7.80. The van der Waals surface area contributed by atoms with Crippen molar-refractivity contribution in [3.05, 3.63) is 57.8 Å². The molecule has 0 aliphatic heterocycles. The van der Waals surface area contributed by atoms with Gasteiger partial charge in [0.2, 0.25) is 0 Å². The molecule has 1 amide bonds. The van der Waals surface area contributed by atoms with Crippen molar-refractivity contribution in [1.82, 2.24) is 0 Å². The van der Waals surface area contributed by atoms with Crippen LogP contribution in [0.3, 0.4) is 0 Å². The minimum absolute atomic E-state index is 0.0272. The lowest BCUT2D eigenvalue weighted by Gasteiger charge is -2.15. The van der Waals surface area contributed by atoms with Crippen LogP contribution < -0.4 is 11.1 Å². The minimum atomic E-state index is -1.12. The predicted octanol–water partition coefficient (Wildman–Crippen LogP) is 3.90. The highest BCUT2D eigenvalue weighted by atomic mass is 35.5. The first-order valence-corrected chi connectivity index (χ1v) is 7.55. The second-order valence-electron chi connectivity index (χ2n) is 4.89. The summed E-state index contributed by atoms with van der Waals surface area (Å²) in [5.41, 5.74) is 5.79. The van der Waals surface area contributed by atoms with Crippen LogP contribution in [0.2, 0.25) is 10.0 Å². The molecule has 3 N–H and O–H groups in total. The molecule has 0 radical (unpaired) electrons. The third kappa shape index (κ3) is 4.37. The van der Waals surface area contributed by atoms with E-state index < -0.39 is 23.8 Å². The number of hydrogen-bond donors (Lipinski definition) is 2. The number of carbonyl (C=O) groups excluding carboxylic acids is 2. The molecule has 0 aliphatic carbocycles. The molecule has 0 fully saturated rings. The Labute approximate surface area is 147 Å². The molecule has 0 bridgehead atoms. The summed E-state index contributed by atoms with van der Waals surface area (Å²) in [5.74, 6) is -2.00. The molecule has 5 nitrogen and oxygen atoms in total. The number of amides is 1. The van der Waals surface area contributed by atoms with E-state index in [1.807, 2.05) is 0 Å². The van der Waals surface area contributed by atoms with Gasteiger partial charge in [0.15, 0.2) is 6.10 Å². The highest BCUT2D eigenvalue weighted by molar-refractivity contribution is 6.36. The van der Waals surface area contributed by atoms with E-state index in [-0.39, 0.29) is 16.3 Å². The number of nitrogen functional groups attached to an aromatic ring is 1. The van der Waals surface area contributed by atoms with Crippen molar-refractivity contribution in [3.63, 3.8) is 0 Å². The first kappa shape index (κ1) is 18.0. The highest BCUT2D eigenvalue weighted by Gasteiger charge is 2.21. The van der Waals surface area contributed by atoms with Gasteiger partial charge in [-0.15, -0.1) is 0 Å². The number of ether oxygens (including phenoxy) is 1. The topological polar surface area (TPSA) is 81.4 Å². The number of halogens is 3. The van der Waals surface area contributed by atoms with E-state index in [4.69, 9.17) is 33.7 Å². The number of benzene rings is 2. The van der Waals surface area contributed by atoms with Crippen LogP contribution in [0.4, 0.5) is 15.8 Å². The number of nitrogens with one attached hydrogen (secondary N) is 1. The summed E-state index contributed by atoms with van der Waals surface area (Å²) in [7, 11) is 0. The number of carbonyl (C=O) groups is 2. The van der Waals surface area contributed by atoms with Crippen LogP contribution in [0, 0.1) is 5.82 Å². The van der Waals surface area contributed by atoms with Crippen LogP contribution in [-0.2, 0) is 9.53 Å². The van der Waals surface area contributed by atoms with Gasteiger partial charge in [-0.25, -0.2) is 9.18 Å². The maximum atomic E-state index is 13.0. The molecular weight excluding hydrogens is 358 g/mol. The van der Waals surface area contributed by atoms with Gasteiger partial charge in [-0.1, -0.05) is 23.2 Å². The van der Waals surface area contributed by atoms with Crippen LogP contribution in [0.1, 0.15) is 17.3 Å². The zero-order chi connectivity index (χ0) is 17.9. The van der Waals surface area contributed by atoms with Crippen molar-refractivity contribution >= 4 is 46.5 Å². The van der Waals surface area contributed by atoms with E-state index in [0.29, 0.717) is 10.7 Å². The van der Waals surface area contributed by atoms with Gasteiger partial charge >= 0.3 is 5.97 Å². The highest BCUT2D eigenvalue weighted by Crippen LogP contribution is 2.25. The number of rotatable bonds is 4. The normalized spacial score (nSPS) is 11.7. The average Bonchev–Trinajstić information content (AvgIpc) is 2.49. The molecule has 2 rings (SSSR count). The largest absolute Gasteiger partial charge is 0.449 e. The van der Waals surface area contributed by atoms with E-state index in [1.165, 1.54) is 25.1 Å². The number of anilines is 2. The van der Waals surface area contributed by atoms with E-state index in [0.717, 1.165) is 12.1 Å². The molecule has 0 aromatic heterocycles. The van der Waals surface area contributed by atoms with Crippen molar-refractivity contribution in [2.45, 2.75) is 13.0 Å². The molecule has 2 aromatic carbocycles. The first-order valence-electron chi connectivity index (χ1n) is 6.80. The zero-order valence-electron chi connectivity index (χ0n) is 12.5. The molecule has 0 heterocycles. The van der Waals surface area contributed by atoms with Gasteiger partial charge in [0.25, 0.3) is 5.91 Å². The maximum absolute atomic E-state index is 13.0. The summed E-state index contributed by atoms with van der Waals surface area (Å²) < 4.78 is 18.0. The van der Waals surface area contributed by atoms with Gasteiger partial charge in [-0.3, -0.25) is 4.79 Å². The summed E-state index contributed by atoms with van der Waals surface area (Å²) in [5, 5.41) is 3.19. The molecular formula is C16H13Cl2FN2O3. The Balaban J connectivity index is 2.04. The van der Waals surface area contributed by atoms with Crippen molar-refractivity contribution in [2.24, 2.45) is 0 Å². The fourth-order valence-corrected chi connectivity index (χ4v) is 2.28. The van der Waals surface area contributed by atoms with Crippen molar-refractivity contribution in [1.29, 1.82) is 0 Å². The van der Waals surface area contributed by atoms with E-state index in [1.54, 1.807) is 6.07 Å². The molecule has 0 saturated heterocycles. The lowest BCUT2D eigenvalue weighted by Crippen LogP contribution is -2.30. The first-order chi connectivity index (χ1) is 11.3. The molecule has 24 heavy (non-hydrogen) atoms. The Kier molecular flexibility index (Phi) is 5.64. The minimum Gasteiger partial charge on any atom is -0.449 e. The van der Waals surface area contributed by atoms with Crippen LogP contribution in [-0.4, -0.2) is 18.0 Å². The monoisotopic (exact) mass is 370 g/mol. The third-order valence-electron chi connectivity index (χ3n) is 3.08. The van der Waals surface area contributed by atoms with Gasteiger partial charge in [0.1, 0.15) is 5.82 Å². The Morgan fingerprint density at radius 2 is 1.92 bits per heavy atom. The fraction of sp³-hybridized carbons (Fsp3) is 0.125. The maximum Gasteiger partial charge on any atom is 0.341 e.